The Kier molecular flexibility index (Phi) is 5.11. The molecule has 0 saturated carbocycles. The summed E-state index contributed by atoms with van der Waals surface area (Å²) in [5.41, 5.74) is 0.512. The van der Waals surface area contributed by atoms with Gasteiger partial charge < -0.3 is 19.2 Å². The van der Waals surface area contributed by atoms with Gasteiger partial charge in [-0.15, -0.1) is 0 Å². The van der Waals surface area contributed by atoms with Gasteiger partial charge in [-0.2, -0.15) is 0 Å². The average Bonchev–Trinajstić information content (AvgIpc) is 3.04. The first kappa shape index (κ1) is 17.8. The molecule has 0 aliphatic carbocycles. The maximum Gasteiger partial charge on any atom is 0.263 e. The van der Waals surface area contributed by atoms with E-state index >= 15 is 0 Å². The number of oxazole rings is 1. The van der Waals surface area contributed by atoms with Crippen molar-refractivity contribution in [2.24, 2.45) is 0 Å². The molecular weight excluding hydrogens is 332 g/mol. The van der Waals surface area contributed by atoms with Gasteiger partial charge in [-0.05, 0) is 38.1 Å². The molecule has 3 aromatic rings. The van der Waals surface area contributed by atoms with Crippen LogP contribution in [0.15, 0.2) is 52.9 Å². The molecule has 0 unspecified atom stereocenters. The highest BCUT2D eigenvalue weighted by atomic mass is 16.5. The van der Waals surface area contributed by atoms with Gasteiger partial charge >= 0.3 is 0 Å². The lowest BCUT2D eigenvalue weighted by atomic mass is 10.1. The number of hydrogen-bond donors (Lipinski definition) is 1. The van der Waals surface area contributed by atoms with E-state index in [1.54, 1.807) is 33.1 Å². The van der Waals surface area contributed by atoms with Crippen LogP contribution in [0, 0.1) is 0 Å². The molecule has 1 heterocycles. The van der Waals surface area contributed by atoms with Gasteiger partial charge in [-0.1, -0.05) is 24.3 Å². The van der Waals surface area contributed by atoms with Crippen molar-refractivity contribution in [1.82, 2.24) is 10.3 Å². The van der Waals surface area contributed by atoms with E-state index < -0.39 is 5.60 Å². The van der Waals surface area contributed by atoms with Gasteiger partial charge in [0, 0.05) is 13.0 Å². The van der Waals surface area contributed by atoms with Crippen molar-refractivity contribution in [3.05, 3.63) is 54.4 Å². The Morgan fingerprint density at radius 3 is 2.54 bits per heavy atom. The summed E-state index contributed by atoms with van der Waals surface area (Å²) in [5.74, 6) is 1.48. The number of para-hydroxylation sites is 4. The van der Waals surface area contributed by atoms with Crippen molar-refractivity contribution in [3.63, 3.8) is 0 Å². The molecule has 0 atom stereocenters. The van der Waals surface area contributed by atoms with E-state index in [1.165, 1.54) is 0 Å². The molecule has 1 N–H and O–H groups in total. The lowest BCUT2D eigenvalue weighted by molar-refractivity contribution is -0.134. The SMILES string of the molecule is COc1ccccc1OC(C)(C)C(=O)NCCc1nc2ccccc2o1. The van der Waals surface area contributed by atoms with Gasteiger partial charge in [0.1, 0.15) is 5.52 Å². The normalized spacial score (nSPS) is 11.3. The minimum atomic E-state index is -1.05. The van der Waals surface area contributed by atoms with Crippen LogP contribution in [-0.4, -0.2) is 30.1 Å². The van der Waals surface area contributed by atoms with E-state index in [1.807, 2.05) is 36.4 Å². The largest absolute Gasteiger partial charge is 0.493 e. The highest BCUT2D eigenvalue weighted by Crippen LogP contribution is 2.29. The maximum atomic E-state index is 12.5. The Hall–Kier alpha value is -3.02. The van der Waals surface area contributed by atoms with Crippen molar-refractivity contribution >= 4 is 17.0 Å². The highest BCUT2D eigenvalue weighted by molar-refractivity contribution is 5.84. The van der Waals surface area contributed by atoms with Crippen molar-refractivity contribution in [2.45, 2.75) is 25.9 Å². The molecule has 0 aliphatic heterocycles. The van der Waals surface area contributed by atoms with Gasteiger partial charge in [-0.25, -0.2) is 4.98 Å². The molecule has 136 valence electrons. The van der Waals surface area contributed by atoms with E-state index in [2.05, 4.69) is 10.3 Å². The van der Waals surface area contributed by atoms with Crippen LogP contribution in [0.3, 0.4) is 0 Å². The summed E-state index contributed by atoms with van der Waals surface area (Å²) in [4.78, 5) is 16.9. The Labute approximate surface area is 152 Å². The number of fused-ring (bicyclic) bond motifs is 1. The van der Waals surface area contributed by atoms with Crippen LogP contribution in [-0.2, 0) is 11.2 Å². The van der Waals surface area contributed by atoms with E-state index in [0.717, 1.165) is 11.1 Å². The maximum absolute atomic E-state index is 12.5. The topological polar surface area (TPSA) is 73.6 Å². The number of ether oxygens (including phenoxy) is 2. The van der Waals surface area contributed by atoms with Crippen LogP contribution in [0.5, 0.6) is 11.5 Å². The molecule has 0 fully saturated rings. The molecule has 26 heavy (non-hydrogen) atoms. The van der Waals surface area contributed by atoms with Crippen molar-refractivity contribution < 1.29 is 18.7 Å². The van der Waals surface area contributed by atoms with Crippen LogP contribution < -0.4 is 14.8 Å². The molecule has 2 aromatic carbocycles. The van der Waals surface area contributed by atoms with E-state index in [-0.39, 0.29) is 5.91 Å². The minimum absolute atomic E-state index is 0.223. The molecule has 1 amide bonds. The Bertz CT molecular complexity index is 868. The number of carbonyl (C=O) groups excluding carboxylic acids is 1. The second-order valence-corrected chi connectivity index (χ2v) is 6.34. The number of hydrogen-bond acceptors (Lipinski definition) is 5. The molecule has 1 aromatic heterocycles. The second-order valence-electron chi connectivity index (χ2n) is 6.34. The molecule has 0 radical (unpaired) electrons. The number of nitrogens with zero attached hydrogens (tertiary/aromatic N) is 1. The first-order chi connectivity index (χ1) is 12.5. The smallest absolute Gasteiger partial charge is 0.263 e. The number of rotatable bonds is 7. The fourth-order valence-corrected chi connectivity index (χ4v) is 2.55. The van der Waals surface area contributed by atoms with Crippen LogP contribution in [0.4, 0.5) is 0 Å². The molecule has 0 spiro atoms. The summed E-state index contributed by atoms with van der Waals surface area (Å²) < 4.78 is 16.8. The summed E-state index contributed by atoms with van der Waals surface area (Å²) in [5, 5.41) is 2.87. The van der Waals surface area contributed by atoms with Crippen LogP contribution in [0.1, 0.15) is 19.7 Å². The Morgan fingerprint density at radius 1 is 1.12 bits per heavy atom. The zero-order valence-electron chi connectivity index (χ0n) is 15.1. The number of methoxy groups -OCH3 is 1. The van der Waals surface area contributed by atoms with Gasteiger partial charge in [0.2, 0.25) is 0 Å². The van der Waals surface area contributed by atoms with Crippen molar-refractivity contribution in [1.29, 1.82) is 0 Å². The molecule has 3 rings (SSSR count). The third-order valence-corrected chi connectivity index (χ3v) is 3.94. The lowest BCUT2D eigenvalue weighted by Gasteiger charge is -2.26. The third-order valence-electron chi connectivity index (χ3n) is 3.94. The summed E-state index contributed by atoms with van der Waals surface area (Å²) >= 11 is 0. The average molecular weight is 354 g/mol. The van der Waals surface area contributed by atoms with Crippen LogP contribution in [0.2, 0.25) is 0 Å². The predicted molar refractivity (Wildman–Crippen MR) is 98.4 cm³/mol. The van der Waals surface area contributed by atoms with Crippen LogP contribution in [0.25, 0.3) is 11.1 Å². The molecule has 6 heteroatoms. The van der Waals surface area contributed by atoms with Gasteiger partial charge in [0.25, 0.3) is 5.91 Å². The number of aromatic nitrogens is 1. The second kappa shape index (κ2) is 7.47. The van der Waals surface area contributed by atoms with E-state index in [0.29, 0.717) is 30.4 Å². The number of benzene rings is 2. The summed E-state index contributed by atoms with van der Waals surface area (Å²) in [6.45, 7) is 3.84. The van der Waals surface area contributed by atoms with Gasteiger partial charge in [-0.3, -0.25) is 4.79 Å². The fraction of sp³-hybridized carbons (Fsp3) is 0.300. The summed E-state index contributed by atoms with van der Waals surface area (Å²) in [6.07, 6.45) is 0.505. The van der Waals surface area contributed by atoms with Crippen molar-refractivity contribution in [2.75, 3.05) is 13.7 Å². The van der Waals surface area contributed by atoms with E-state index in [4.69, 9.17) is 13.9 Å². The molecular formula is C20H22N2O4. The van der Waals surface area contributed by atoms with Gasteiger partial charge in [0.15, 0.2) is 28.6 Å². The molecule has 0 aliphatic rings. The molecule has 6 nitrogen and oxygen atoms in total. The van der Waals surface area contributed by atoms with Crippen molar-refractivity contribution in [3.8, 4) is 11.5 Å². The lowest BCUT2D eigenvalue weighted by Crippen LogP contribution is -2.47. The number of nitrogens with one attached hydrogen (secondary N) is 1. The minimum Gasteiger partial charge on any atom is -0.493 e. The fourth-order valence-electron chi connectivity index (χ4n) is 2.55. The summed E-state index contributed by atoms with van der Waals surface area (Å²) in [6, 6.07) is 14.8. The molecule has 0 bridgehead atoms. The third kappa shape index (κ3) is 3.96. The zero-order chi connectivity index (χ0) is 18.6. The quantitative estimate of drug-likeness (QED) is 0.704. The highest BCUT2D eigenvalue weighted by Gasteiger charge is 2.30. The Morgan fingerprint density at radius 2 is 1.81 bits per heavy atom. The molecule has 0 saturated heterocycles. The summed E-state index contributed by atoms with van der Waals surface area (Å²) in [7, 11) is 1.57. The monoisotopic (exact) mass is 354 g/mol. The zero-order valence-corrected chi connectivity index (χ0v) is 15.1. The first-order valence-corrected chi connectivity index (χ1v) is 8.44. The standard InChI is InChI=1S/C20H22N2O4/c1-20(2,26-17-11-7-6-10-16(17)24-3)19(23)21-13-12-18-22-14-8-4-5-9-15(14)25-18/h4-11H,12-13H2,1-3H3,(H,21,23). The predicted octanol–water partition coefficient (Wildman–Crippen LogP) is 3.35. The number of carbonyl (C=O) groups is 1. The van der Waals surface area contributed by atoms with Crippen LogP contribution >= 0.6 is 0 Å². The Balaban J connectivity index is 1.57. The van der Waals surface area contributed by atoms with E-state index in [9.17, 15) is 4.79 Å². The first-order valence-electron chi connectivity index (χ1n) is 8.44. The van der Waals surface area contributed by atoms with Gasteiger partial charge in [0.05, 0.1) is 7.11 Å². The number of amides is 1.